The first kappa shape index (κ1) is 17.3. The van der Waals surface area contributed by atoms with E-state index in [9.17, 15) is 4.79 Å². The number of esters is 1. The normalized spacial score (nSPS) is 15.1. The van der Waals surface area contributed by atoms with Crippen LogP contribution in [0.1, 0.15) is 34.9 Å². The number of nitrogens with zero attached hydrogens (tertiary/aromatic N) is 5. The largest absolute Gasteiger partial charge is 0.480 e. The second-order valence-corrected chi connectivity index (χ2v) is 6.47. The van der Waals surface area contributed by atoms with Gasteiger partial charge in [-0.2, -0.15) is 4.98 Å². The average Bonchev–Trinajstić information content (AvgIpc) is 3.17. The maximum atomic E-state index is 11.8. The molecule has 1 aliphatic rings. The number of pyridine rings is 2. The van der Waals surface area contributed by atoms with Gasteiger partial charge in [0.2, 0.25) is 5.88 Å². The fourth-order valence-electron chi connectivity index (χ4n) is 3.53. The molecule has 0 radical (unpaired) electrons. The van der Waals surface area contributed by atoms with Crippen molar-refractivity contribution in [1.29, 1.82) is 0 Å². The smallest absolute Gasteiger partial charge is 0.343 e. The van der Waals surface area contributed by atoms with Gasteiger partial charge in [-0.25, -0.2) is 4.79 Å². The lowest BCUT2D eigenvalue weighted by molar-refractivity contribution is 0.0596. The summed E-state index contributed by atoms with van der Waals surface area (Å²) in [6.07, 6.45) is 3.92. The number of carbonyl (C=O) groups excluding carboxylic acids is 1. The van der Waals surface area contributed by atoms with E-state index in [4.69, 9.17) is 9.47 Å². The van der Waals surface area contributed by atoms with Crippen LogP contribution in [0, 0.1) is 0 Å². The molecule has 0 aromatic carbocycles. The lowest BCUT2D eigenvalue weighted by atomic mass is 9.96. The first-order valence-electron chi connectivity index (χ1n) is 8.89. The summed E-state index contributed by atoms with van der Waals surface area (Å²) in [4.78, 5) is 18.5. The Hall–Kier alpha value is -3.16. The molecule has 3 aromatic heterocycles. The molecule has 0 atom stereocenters. The lowest BCUT2D eigenvalue weighted by Gasteiger charge is -2.32. The number of aromatic nitrogens is 4. The topological polar surface area (TPSA) is 81.9 Å². The van der Waals surface area contributed by atoms with Gasteiger partial charge < -0.3 is 14.4 Å². The number of anilines is 1. The summed E-state index contributed by atoms with van der Waals surface area (Å²) in [5.41, 5.74) is 1.20. The molecule has 0 saturated carbocycles. The molecule has 3 aromatic rings. The molecule has 1 saturated heterocycles. The van der Waals surface area contributed by atoms with Gasteiger partial charge >= 0.3 is 5.97 Å². The highest BCUT2D eigenvalue weighted by Gasteiger charge is 2.26. The third kappa shape index (κ3) is 3.18. The molecule has 0 amide bonds. The first-order chi connectivity index (χ1) is 13.2. The highest BCUT2D eigenvalue weighted by molar-refractivity contribution is 5.92. The Kier molecular flexibility index (Phi) is 4.62. The minimum atomic E-state index is -0.455. The van der Waals surface area contributed by atoms with Crippen LogP contribution < -0.4 is 9.64 Å². The molecule has 0 aliphatic carbocycles. The van der Waals surface area contributed by atoms with E-state index < -0.39 is 5.97 Å². The third-order valence-corrected chi connectivity index (χ3v) is 4.97. The number of hydrogen-bond acceptors (Lipinski definition) is 7. The van der Waals surface area contributed by atoms with E-state index in [1.165, 1.54) is 14.2 Å². The van der Waals surface area contributed by atoms with E-state index in [0.29, 0.717) is 11.5 Å². The average molecular weight is 367 g/mol. The Morgan fingerprint density at radius 2 is 1.93 bits per heavy atom. The van der Waals surface area contributed by atoms with Gasteiger partial charge in [0, 0.05) is 25.2 Å². The zero-order valence-corrected chi connectivity index (χ0v) is 15.3. The zero-order chi connectivity index (χ0) is 18.8. The predicted molar refractivity (Wildman–Crippen MR) is 99.3 cm³/mol. The van der Waals surface area contributed by atoms with Crippen molar-refractivity contribution in [3.8, 4) is 5.88 Å². The molecule has 4 heterocycles. The van der Waals surface area contributed by atoms with E-state index in [1.807, 2.05) is 30.5 Å². The Labute approximate surface area is 156 Å². The van der Waals surface area contributed by atoms with Gasteiger partial charge in [0.05, 0.1) is 14.2 Å². The molecule has 4 rings (SSSR count). The van der Waals surface area contributed by atoms with Crippen LogP contribution in [-0.4, -0.2) is 52.9 Å². The molecule has 8 nitrogen and oxygen atoms in total. The molecule has 8 heteroatoms. The van der Waals surface area contributed by atoms with E-state index in [0.717, 1.165) is 43.2 Å². The summed E-state index contributed by atoms with van der Waals surface area (Å²) in [5.74, 6) is 1.99. The number of carbonyl (C=O) groups is 1. The summed E-state index contributed by atoms with van der Waals surface area (Å²) >= 11 is 0. The van der Waals surface area contributed by atoms with Crippen molar-refractivity contribution in [3.63, 3.8) is 0 Å². The maximum absolute atomic E-state index is 11.8. The standard InChI is InChI=1S/C19H21N5O3/c1-26-18-14(19(25)27-2)6-7-15(20-18)23-11-8-13(9-12-23)17-22-21-16-5-3-4-10-24(16)17/h3-7,10,13H,8-9,11-12H2,1-2H3. The zero-order valence-electron chi connectivity index (χ0n) is 15.3. The van der Waals surface area contributed by atoms with E-state index in [1.54, 1.807) is 6.07 Å². The highest BCUT2D eigenvalue weighted by Crippen LogP contribution is 2.30. The summed E-state index contributed by atoms with van der Waals surface area (Å²) in [5, 5.41) is 8.65. The molecule has 1 aliphatic heterocycles. The quantitative estimate of drug-likeness (QED) is 0.655. The van der Waals surface area contributed by atoms with Gasteiger partial charge in [0.15, 0.2) is 5.65 Å². The van der Waals surface area contributed by atoms with Crippen LogP contribution in [0.25, 0.3) is 5.65 Å². The minimum Gasteiger partial charge on any atom is -0.480 e. The van der Waals surface area contributed by atoms with Gasteiger partial charge in [-0.1, -0.05) is 6.07 Å². The number of fused-ring (bicyclic) bond motifs is 1. The van der Waals surface area contributed by atoms with Crippen LogP contribution >= 0.6 is 0 Å². The Balaban J connectivity index is 1.50. The van der Waals surface area contributed by atoms with Crippen LogP contribution in [0.5, 0.6) is 5.88 Å². The van der Waals surface area contributed by atoms with E-state index >= 15 is 0 Å². The third-order valence-electron chi connectivity index (χ3n) is 4.97. The van der Waals surface area contributed by atoms with Crippen molar-refractivity contribution in [1.82, 2.24) is 19.6 Å². The number of ether oxygens (including phenoxy) is 2. The van der Waals surface area contributed by atoms with Crippen molar-refractivity contribution in [2.45, 2.75) is 18.8 Å². The molecule has 27 heavy (non-hydrogen) atoms. The molecule has 0 unspecified atom stereocenters. The van der Waals surface area contributed by atoms with Gasteiger partial charge in [0.1, 0.15) is 17.2 Å². The molecule has 0 bridgehead atoms. The maximum Gasteiger partial charge on any atom is 0.343 e. The van der Waals surface area contributed by atoms with Crippen molar-refractivity contribution >= 4 is 17.4 Å². The van der Waals surface area contributed by atoms with Crippen LogP contribution in [0.2, 0.25) is 0 Å². The van der Waals surface area contributed by atoms with Gasteiger partial charge in [-0.3, -0.25) is 4.40 Å². The van der Waals surface area contributed by atoms with Crippen molar-refractivity contribution in [3.05, 3.63) is 47.9 Å². The molecule has 0 N–H and O–H groups in total. The number of piperidine rings is 1. The van der Waals surface area contributed by atoms with Crippen molar-refractivity contribution < 1.29 is 14.3 Å². The second kappa shape index (κ2) is 7.22. The van der Waals surface area contributed by atoms with Crippen LogP contribution in [0.4, 0.5) is 5.82 Å². The van der Waals surface area contributed by atoms with Crippen molar-refractivity contribution in [2.75, 3.05) is 32.2 Å². The highest BCUT2D eigenvalue weighted by atomic mass is 16.5. The first-order valence-corrected chi connectivity index (χ1v) is 8.89. The van der Waals surface area contributed by atoms with Crippen LogP contribution in [0.15, 0.2) is 36.5 Å². The van der Waals surface area contributed by atoms with Crippen molar-refractivity contribution in [2.24, 2.45) is 0 Å². The summed E-state index contributed by atoms with van der Waals surface area (Å²) < 4.78 is 12.1. The minimum absolute atomic E-state index is 0.282. The van der Waals surface area contributed by atoms with Crippen LogP contribution in [0.3, 0.4) is 0 Å². The Bertz CT molecular complexity index is 963. The van der Waals surface area contributed by atoms with Crippen LogP contribution in [-0.2, 0) is 4.74 Å². The molecule has 0 spiro atoms. The van der Waals surface area contributed by atoms with Gasteiger partial charge in [-0.15, -0.1) is 10.2 Å². The van der Waals surface area contributed by atoms with E-state index in [2.05, 4.69) is 24.5 Å². The summed E-state index contributed by atoms with van der Waals surface area (Å²) in [6.45, 7) is 1.69. The Morgan fingerprint density at radius 3 is 2.67 bits per heavy atom. The van der Waals surface area contributed by atoms with Gasteiger partial charge in [0.25, 0.3) is 0 Å². The molecular formula is C19H21N5O3. The fraction of sp³-hybridized carbons (Fsp3) is 0.368. The monoisotopic (exact) mass is 367 g/mol. The Morgan fingerprint density at radius 1 is 1.11 bits per heavy atom. The van der Waals surface area contributed by atoms with Gasteiger partial charge in [-0.05, 0) is 37.1 Å². The fourth-order valence-corrected chi connectivity index (χ4v) is 3.53. The summed E-state index contributed by atoms with van der Waals surface area (Å²) in [7, 11) is 2.84. The second-order valence-electron chi connectivity index (χ2n) is 6.47. The number of hydrogen-bond donors (Lipinski definition) is 0. The number of methoxy groups -OCH3 is 2. The predicted octanol–water partition coefficient (Wildman–Crippen LogP) is 2.30. The SMILES string of the molecule is COC(=O)c1ccc(N2CCC(c3nnc4ccccn34)CC2)nc1OC. The summed E-state index contributed by atoms with van der Waals surface area (Å²) in [6, 6.07) is 9.46. The van der Waals surface area contributed by atoms with E-state index in [-0.39, 0.29) is 5.88 Å². The lowest BCUT2D eigenvalue weighted by Crippen LogP contribution is -2.34. The molecular weight excluding hydrogens is 346 g/mol. The molecule has 1 fully saturated rings. The number of rotatable bonds is 4. The molecule has 140 valence electrons.